The maximum absolute atomic E-state index is 12.6. The van der Waals surface area contributed by atoms with Crippen LogP contribution in [-0.4, -0.2) is 40.3 Å². The molecule has 3 heterocycles. The lowest BCUT2D eigenvalue weighted by Gasteiger charge is -2.38. The molecule has 0 radical (unpaired) electrons. The predicted octanol–water partition coefficient (Wildman–Crippen LogP) is 1.76. The number of fused-ring (bicyclic) bond motifs is 1. The Labute approximate surface area is 128 Å². The van der Waals surface area contributed by atoms with Crippen LogP contribution in [-0.2, 0) is 11.2 Å². The van der Waals surface area contributed by atoms with Gasteiger partial charge in [-0.1, -0.05) is 24.6 Å². The van der Waals surface area contributed by atoms with E-state index in [4.69, 9.17) is 4.98 Å². The first kappa shape index (κ1) is 13.4. The van der Waals surface area contributed by atoms with Gasteiger partial charge < -0.3 is 10.2 Å². The molecule has 1 unspecified atom stereocenters. The van der Waals surface area contributed by atoms with E-state index in [2.05, 4.69) is 15.2 Å². The Hall–Kier alpha value is -1.30. The van der Waals surface area contributed by atoms with Crippen LogP contribution in [0.15, 0.2) is 11.4 Å². The fraction of sp³-hybridized carbons (Fsp3) is 0.667. The lowest BCUT2D eigenvalue weighted by Crippen LogP contribution is -2.56. The quantitative estimate of drug-likeness (QED) is 0.666. The fourth-order valence-corrected chi connectivity index (χ4v) is 4.50. The lowest BCUT2D eigenvalue weighted by atomic mass is 9.91. The highest BCUT2D eigenvalue weighted by Gasteiger charge is 2.55. The molecule has 2 fully saturated rings. The van der Waals surface area contributed by atoms with Gasteiger partial charge in [0.05, 0.1) is 0 Å². The Morgan fingerprint density at radius 1 is 1.43 bits per heavy atom. The Balaban J connectivity index is 1.82. The normalized spacial score (nSPS) is 28.4. The molecule has 1 N–H and O–H groups in total. The standard InChI is InChI=1S/C15H20N4OS/c1-21-14-17-9-10-8-15(6-7-16-13(15)20)19(12(10)18-14)11-4-2-3-5-11/h9,11H,2-8H2,1H3,(H,16,20). The minimum absolute atomic E-state index is 0.179. The molecule has 0 aromatic carbocycles. The summed E-state index contributed by atoms with van der Waals surface area (Å²) in [4.78, 5) is 24.1. The topological polar surface area (TPSA) is 58.1 Å². The molecular formula is C15H20N4OS. The summed E-state index contributed by atoms with van der Waals surface area (Å²) in [7, 11) is 0. The van der Waals surface area contributed by atoms with E-state index in [0.717, 1.165) is 35.9 Å². The molecule has 1 spiro atoms. The lowest BCUT2D eigenvalue weighted by molar-refractivity contribution is -0.123. The number of amides is 1. The third kappa shape index (κ3) is 1.88. The van der Waals surface area contributed by atoms with Crippen molar-refractivity contribution in [2.45, 2.75) is 55.3 Å². The van der Waals surface area contributed by atoms with Crippen molar-refractivity contribution >= 4 is 23.5 Å². The van der Waals surface area contributed by atoms with Crippen molar-refractivity contribution in [3.8, 4) is 0 Å². The number of nitrogens with zero attached hydrogens (tertiary/aromatic N) is 3. The van der Waals surface area contributed by atoms with E-state index < -0.39 is 5.54 Å². The van der Waals surface area contributed by atoms with Crippen molar-refractivity contribution in [1.82, 2.24) is 15.3 Å². The highest BCUT2D eigenvalue weighted by atomic mass is 32.2. The summed E-state index contributed by atoms with van der Waals surface area (Å²) >= 11 is 1.56. The Kier molecular flexibility index (Phi) is 3.10. The minimum atomic E-state index is -0.400. The second kappa shape index (κ2) is 4.87. The van der Waals surface area contributed by atoms with E-state index in [9.17, 15) is 4.79 Å². The number of rotatable bonds is 2. The molecule has 1 saturated heterocycles. The van der Waals surface area contributed by atoms with Gasteiger partial charge in [0.2, 0.25) is 5.91 Å². The van der Waals surface area contributed by atoms with E-state index >= 15 is 0 Å². The molecule has 5 nitrogen and oxygen atoms in total. The molecule has 4 rings (SSSR count). The minimum Gasteiger partial charge on any atom is -0.354 e. The van der Waals surface area contributed by atoms with Gasteiger partial charge in [-0.05, 0) is 25.5 Å². The first-order valence-corrected chi connectivity index (χ1v) is 8.95. The second-order valence-corrected chi connectivity index (χ2v) is 7.00. The molecule has 3 aliphatic rings. The summed E-state index contributed by atoms with van der Waals surface area (Å²) in [5.41, 5.74) is 0.736. The molecule has 1 atom stereocenters. The maximum Gasteiger partial charge on any atom is 0.246 e. The number of anilines is 1. The summed E-state index contributed by atoms with van der Waals surface area (Å²) in [5.74, 6) is 1.19. The first-order chi connectivity index (χ1) is 10.2. The van der Waals surface area contributed by atoms with Crippen molar-refractivity contribution < 1.29 is 4.79 Å². The van der Waals surface area contributed by atoms with Crippen molar-refractivity contribution in [2.75, 3.05) is 17.7 Å². The zero-order valence-corrected chi connectivity index (χ0v) is 13.1. The molecule has 1 aromatic rings. The van der Waals surface area contributed by atoms with Crippen LogP contribution in [0.3, 0.4) is 0 Å². The third-order valence-electron chi connectivity index (χ3n) is 5.11. The van der Waals surface area contributed by atoms with E-state index in [1.807, 2.05) is 12.5 Å². The highest BCUT2D eigenvalue weighted by molar-refractivity contribution is 7.98. The number of carbonyl (C=O) groups is 1. The molecule has 1 saturated carbocycles. The van der Waals surface area contributed by atoms with E-state index in [1.54, 1.807) is 11.8 Å². The molecule has 112 valence electrons. The summed E-state index contributed by atoms with van der Waals surface area (Å²) in [6.07, 6.45) is 10.4. The van der Waals surface area contributed by atoms with Crippen LogP contribution in [0.2, 0.25) is 0 Å². The van der Waals surface area contributed by atoms with Crippen LogP contribution < -0.4 is 10.2 Å². The van der Waals surface area contributed by atoms with Crippen LogP contribution in [0.25, 0.3) is 0 Å². The summed E-state index contributed by atoms with van der Waals surface area (Å²) < 4.78 is 0. The van der Waals surface area contributed by atoms with Gasteiger partial charge in [-0.3, -0.25) is 4.79 Å². The van der Waals surface area contributed by atoms with Gasteiger partial charge in [-0.15, -0.1) is 0 Å². The van der Waals surface area contributed by atoms with Crippen LogP contribution >= 0.6 is 11.8 Å². The monoisotopic (exact) mass is 304 g/mol. The molecule has 2 aliphatic heterocycles. The Bertz CT molecular complexity index is 587. The van der Waals surface area contributed by atoms with Crippen LogP contribution in [0, 0.1) is 0 Å². The summed E-state index contributed by atoms with van der Waals surface area (Å²) in [6, 6.07) is 0.458. The average Bonchev–Trinajstić information content (AvgIpc) is 3.19. The second-order valence-electron chi connectivity index (χ2n) is 6.23. The molecule has 6 heteroatoms. The molecule has 1 aliphatic carbocycles. The summed E-state index contributed by atoms with van der Waals surface area (Å²) in [5, 5.41) is 3.83. The van der Waals surface area contributed by atoms with Gasteiger partial charge in [0, 0.05) is 30.8 Å². The Morgan fingerprint density at radius 3 is 2.90 bits per heavy atom. The van der Waals surface area contributed by atoms with Crippen LogP contribution in [0.5, 0.6) is 0 Å². The number of carbonyl (C=O) groups excluding carboxylic acids is 1. The SMILES string of the molecule is CSc1ncc2c(n1)N(C1CCCC1)C1(CCNC1=O)C2. The summed E-state index contributed by atoms with van der Waals surface area (Å²) in [6.45, 7) is 0.777. The third-order valence-corrected chi connectivity index (χ3v) is 5.67. The van der Waals surface area contributed by atoms with Gasteiger partial charge in [-0.2, -0.15) is 0 Å². The average molecular weight is 304 g/mol. The number of aromatic nitrogens is 2. The molecule has 21 heavy (non-hydrogen) atoms. The zero-order chi connectivity index (χ0) is 14.4. The molecule has 1 amide bonds. The highest BCUT2D eigenvalue weighted by Crippen LogP contribution is 2.45. The van der Waals surface area contributed by atoms with E-state index in [0.29, 0.717) is 6.04 Å². The molecule has 0 bridgehead atoms. The van der Waals surface area contributed by atoms with Crippen LogP contribution in [0.4, 0.5) is 5.82 Å². The van der Waals surface area contributed by atoms with E-state index in [-0.39, 0.29) is 5.91 Å². The van der Waals surface area contributed by atoms with Crippen LogP contribution in [0.1, 0.15) is 37.7 Å². The Morgan fingerprint density at radius 2 is 2.24 bits per heavy atom. The van der Waals surface area contributed by atoms with Gasteiger partial charge in [0.1, 0.15) is 11.4 Å². The number of thioether (sulfide) groups is 1. The van der Waals surface area contributed by atoms with Gasteiger partial charge in [0.25, 0.3) is 0 Å². The largest absolute Gasteiger partial charge is 0.354 e. The van der Waals surface area contributed by atoms with Gasteiger partial charge in [0.15, 0.2) is 5.16 Å². The van der Waals surface area contributed by atoms with Crippen molar-refractivity contribution in [1.29, 1.82) is 0 Å². The van der Waals surface area contributed by atoms with Crippen molar-refractivity contribution in [3.05, 3.63) is 11.8 Å². The number of hydrogen-bond donors (Lipinski definition) is 1. The van der Waals surface area contributed by atoms with Gasteiger partial charge >= 0.3 is 0 Å². The van der Waals surface area contributed by atoms with E-state index in [1.165, 1.54) is 25.7 Å². The smallest absolute Gasteiger partial charge is 0.246 e. The number of hydrogen-bond acceptors (Lipinski definition) is 5. The molecule has 1 aromatic heterocycles. The predicted molar refractivity (Wildman–Crippen MR) is 82.6 cm³/mol. The fourth-order valence-electron chi connectivity index (χ4n) is 4.16. The first-order valence-electron chi connectivity index (χ1n) is 7.72. The van der Waals surface area contributed by atoms with Crippen molar-refractivity contribution in [3.63, 3.8) is 0 Å². The van der Waals surface area contributed by atoms with Gasteiger partial charge in [-0.25, -0.2) is 9.97 Å². The maximum atomic E-state index is 12.6. The number of nitrogens with one attached hydrogen (secondary N) is 1. The van der Waals surface area contributed by atoms with Crippen molar-refractivity contribution in [2.24, 2.45) is 0 Å². The molecular weight excluding hydrogens is 284 g/mol. The zero-order valence-electron chi connectivity index (χ0n) is 12.3.